The molecule has 0 radical (unpaired) electrons. The van der Waals surface area contributed by atoms with Gasteiger partial charge >= 0.3 is 0 Å². The number of rotatable bonds is 5. The Kier molecular flexibility index (Phi) is 4.84. The molecule has 0 atom stereocenters. The molecular weight excluding hydrogens is 330 g/mol. The second-order valence-corrected chi connectivity index (χ2v) is 5.95. The third kappa shape index (κ3) is 3.64. The Morgan fingerprint density at radius 2 is 1.81 bits per heavy atom. The van der Waals surface area contributed by atoms with Crippen LogP contribution in [0.15, 0.2) is 48.8 Å². The van der Waals surface area contributed by atoms with Crippen molar-refractivity contribution in [2.75, 3.05) is 5.32 Å². The monoisotopic (exact) mass is 349 g/mol. The van der Waals surface area contributed by atoms with Crippen LogP contribution in [0.3, 0.4) is 0 Å². The minimum atomic E-state index is -0.306. The van der Waals surface area contributed by atoms with E-state index in [-0.39, 0.29) is 11.7 Å². The van der Waals surface area contributed by atoms with Crippen LogP contribution < -0.4 is 10.1 Å². The number of Topliss-reactive ketones (excluding diaryl/α,β-unsaturated/α-hetero) is 1. The van der Waals surface area contributed by atoms with Gasteiger partial charge in [-0.25, -0.2) is 0 Å². The third-order valence-electron chi connectivity index (χ3n) is 3.99. The van der Waals surface area contributed by atoms with Crippen LogP contribution in [-0.2, 0) is 0 Å². The first-order valence-electron chi connectivity index (χ1n) is 8.15. The number of ether oxygens (including phenoxy) is 1. The molecule has 1 amide bonds. The van der Waals surface area contributed by atoms with Gasteiger partial charge in [0.1, 0.15) is 17.2 Å². The van der Waals surface area contributed by atoms with Crippen LogP contribution >= 0.6 is 0 Å². The fourth-order valence-corrected chi connectivity index (χ4v) is 2.88. The molecule has 2 aromatic heterocycles. The molecule has 3 aromatic rings. The highest BCUT2D eigenvalue weighted by Gasteiger charge is 2.19. The summed E-state index contributed by atoms with van der Waals surface area (Å²) in [5, 5.41) is 2.83. The lowest BCUT2D eigenvalue weighted by Gasteiger charge is -2.09. The van der Waals surface area contributed by atoms with Gasteiger partial charge in [0.2, 0.25) is 0 Å². The molecule has 0 fully saturated rings. The number of nitrogens with zero attached hydrogens (tertiary/aromatic N) is 1. The van der Waals surface area contributed by atoms with Gasteiger partial charge in [-0.05, 0) is 50.6 Å². The number of aromatic nitrogens is 2. The van der Waals surface area contributed by atoms with E-state index < -0.39 is 0 Å². The van der Waals surface area contributed by atoms with E-state index in [9.17, 15) is 9.59 Å². The van der Waals surface area contributed by atoms with Crippen LogP contribution in [-0.4, -0.2) is 21.7 Å². The number of amides is 1. The van der Waals surface area contributed by atoms with Gasteiger partial charge in [-0.3, -0.25) is 14.6 Å². The van der Waals surface area contributed by atoms with E-state index in [2.05, 4.69) is 15.3 Å². The molecule has 0 saturated carbocycles. The topological polar surface area (TPSA) is 84.1 Å². The molecule has 6 heteroatoms. The maximum atomic E-state index is 12.6. The first-order valence-corrected chi connectivity index (χ1v) is 8.15. The summed E-state index contributed by atoms with van der Waals surface area (Å²) in [5.74, 6) is 0.880. The standard InChI is InChI=1S/C20H19N3O3/c1-12-18(14(3)24)13(2)22-19(12)20(25)23-15-5-4-6-17(11-15)26-16-7-9-21-10-8-16/h4-11,22H,1-3H3,(H,23,25). The van der Waals surface area contributed by atoms with Gasteiger partial charge in [0, 0.05) is 35.4 Å². The Balaban J connectivity index is 1.79. The molecule has 26 heavy (non-hydrogen) atoms. The largest absolute Gasteiger partial charge is 0.457 e. The predicted molar refractivity (Wildman–Crippen MR) is 99.0 cm³/mol. The van der Waals surface area contributed by atoms with E-state index in [0.717, 1.165) is 0 Å². The molecule has 0 aliphatic rings. The Bertz CT molecular complexity index is 962. The van der Waals surface area contributed by atoms with Crippen molar-refractivity contribution >= 4 is 17.4 Å². The van der Waals surface area contributed by atoms with Crippen LogP contribution in [0.1, 0.15) is 39.0 Å². The zero-order valence-corrected chi connectivity index (χ0v) is 14.8. The summed E-state index contributed by atoms with van der Waals surface area (Å²) in [4.78, 5) is 31.3. The summed E-state index contributed by atoms with van der Waals surface area (Å²) in [7, 11) is 0. The molecule has 6 nitrogen and oxygen atoms in total. The number of aryl methyl sites for hydroxylation is 1. The van der Waals surface area contributed by atoms with Crippen LogP contribution in [0.4, 0.5) is 5.69 Å². The highest BCUT2D eigenvalue weighted by atomic mass is 16.5. The second-order valence-electron chi connectivity index (χ2n) is 5.95. The lowest BCUT2D eigenvalue weighted by Crippen LogP contribution is -2.13. The number of nitrogens with one attached hydrogen (secondary N) is 2. The number of hydrogen-bond donors (Lipinski definition) is 2. The molecule has 0 saturated heterocycles. The Morgan fingerprint density at radius 1 is 1.08 bits per heavy atom. The van der Waals surface area contributed by atoms with Gasteiger partial charge in [0.25, 0.3) is 5.91 Å². The van der Waals surface area contributed by atoms with Crippen molar-refractivity contribution in [3.8, 4) is 11.5 Å². The number of hydrogen-bond acceptors (Lipinski definition) is 4. The normalized spacial score (nSPS) is 10.4. The van der Waals surface area contributed by atoms with Gasteiger partial charge in [-0.1, -0.05) is 6.07 Å². The van der Waals surface area contributed by atoms with E-state index in [1.165, 1.54) is 6.92 Å². The Hall–Kier alpha value is -3.41. The van der Waals surface area contributed by atoms with Crippen LogP contribution in [0.5, 0.6) is 11.5 Å². The first kappa shape index (κ1) is 17.4. The maximum absolute atomic E-state index is 12.6. The van der Waals surface area contributed by atoms with Crippen molar-refractivity contribution < 1.29 is 14.3 Å². The minimum absolute atomic E-state index is 0.0666. The Labute approximate surface area is 151 Å². The van der Waals surface area contributed by atoms with Crippen molar-refractivity contribution in [1.82, 2.24) is 9.97 Å². The van der Waals surface area contributed by atoms with Crippen LogP contribution in [0.25, 0.3) is 0 Å². The van der Waals surface area contributed by atoms with Gasteiger partial charge in [0.15, 0.2) is 5.78 Å². The van der Waals surface area contributed by atoms with Crippen molar-refractivity contribution in [1.29, 1.82) is 0 Å². The highest BCUT2D eigenvalue weighted by Crippen LogP contribution is 2.25. The zero-order valence-electron chi connectivity index (χ0n) is 14.8. The minimum Gasteiger partial charge on any atom is -0.457 e. The van der Waals surface area contributed by atoms with Crippen molar-refractivity contribution in [3.05, 3.63) is 71.3 Å². The third-order valence-corrected chi connectivity index (χ3v) is 3.99. The van der Waals surface area contributed by atoms with Crippen LogP contribution in [0, 0.1) is 13.8 Å². The SMILES string of the molecule is CC(=O)c1c(C)[nH]c(C(=O)Nc2cccc(Oc3ccncc3)c2)c1C. The van der Waals surface area contributed by atoms with E-state index in [4.69, 9.17) is 4.74 Å². The summed E-state index contributed by atoms with van der Waals surface area (Å²) in [6.07, 6.45) is 3.29. The second kappa shape index (κ2) is 7.23. The smallest absolute Gasteiger partial charge is 0.272 e. The highest BCUT2D eigenvalue weighted by molar-refractivity contribution is 6.07. The molecule has 0 aliphatic heterocycles. The number of aromatic amines is 1. The quantitative estimate of drug-likeness (QED) is 0.674. The molecule has 0 aliphatic carbocycles. The van der Waals surface area contributed by atoms with Crippen LogP contribution in [0.2, 0.25) is 0 Å². The molecule has 132 valence electrons. The van der Waals surface area contributed by atoms with Gasteiger partial charge in [-0.2, -0.15) is 0 Å². The molecule has 0 bridgehead atoms. The number of benzene rings is 1. The number of H-pyrrole nitrogens is 1. The number of pyridine rings is 1. The maximum Gasteiger partial charge on any atom is 0.272 e. The van der Waals surface area contributed by atoms with Gasteiger partial charge in [-0.15, -0.1) is 0 Å². The predicted octanol–water partition coefficient (Wildman–Crippen LogP) is 4.27. The number of ketones is 1. The zero-order chi connectivity index (χ0) is 18.7. The van der Waals surface area contributed by atoms with E-state index in [0.29, 0.717) is 39.7 Å². The van der Waals surface area contributed by atoms with E-state index in [1.807, 2.05) is 0 Å². The molecular formula is C20H19N3O3. The summed E-state index contributed by atoms with van der Waals surface area (Å²) in [6, 6.07) is 10.6. The summed E-state index contributed by atoms with van der Waals surface area (Å²) in [6.45, 7) is 5.03. The Morgan fingerprint density at radius 3 is 2.46 bits per heavy atom. The molecule has 2 N–H and O–H groups in total. The summed E-state index contributed by atoms with van der Waals surface area (Å²) >= 11 is 0. The van der Waals surface area contributed by atoms with E-state index >= 15 is 0 Å². The molecule has 0 spiro atoms. The fourth-order valence-electron chi connectivity index (χ4n) is 2.88. The first-order chi connectivity index (χ1) is 12.5. The fraction of sp³-hybridized carbons (Fsp3) is 0.150. The summed E-state index contributed by atoms with van der Waals surface area (Å²) < 4.78 is 5.74. The molecule has 1 aromatic carbocycles. The van der Waals surface area contributed by atoms with E-state index in [1.54, 1.807) is 62.6 Å². The molecule has 2 heterocycles. The average molecular weight is 349 g/mol. The molecule has 0 unspecified atom stereocenters. The van der Waals surface area contributed by atoms with Gasteiger partial charge < -0.3 is 15.0 Å². The van der Waals surface area contributed by atoms with Gasteiger partial charge in [0.05, 0.1) is 0 Å². The average Bonchev–Trinajstić information content (AvgIpc) is 2.91. The van der Waals surface area contributed by atoms with Crippen molar-refractivity contribution in [2.45, 2.75) is 20.8 Å². The van der Waals surface area contributed by atoms with Crippen molar-refractivity contribution in [3.63, 3.8) is 0 Å². The number of anilines is 1. The van der Waals surface area contributed by atoms with Crippen molar-refractivity contribution in [2.24, 2.45) is 0 Å². The lowest BCUT2D eigenvalue weighted by atomic mass is 10.1. The lowest BCUT2D eigenvalue weighted by molar-refractivity contribution is 0.101. The summed E-state index contributed by atoms with van der Waals surface area (Å²) in [5.41, 5.74) is 2.88. The number of carbonyl (C=O) groups excluding carboxylic acids is 2. The molecule has 3 rings (SSSR count). The number of carbonyl (C=O) groups is 2.